The van der Waals surface area contributed by atoms with Crippen LogP contribution in [0.5, 0.6) is 23.1 Å². The molecule has 0 spiro atoms. The fraction of sp³-hybridized carbons (Fsp3) is 0.276. The first kappa shape index (κ1) is 25.3. The van der Waals surface area contributed by atoms with Gasteiger partial charge in [-0.15, -0.1) is 10.2 Å². The van der Waals surface area contributed by atoms with E-state index in [1.54, 1.807) is 45.6 Å². The number of hydrogen-bond donors (Lipinski definition) is 1. The molecule has 2 heterocycles. The minimum Gasteiger partial charge on any atom is -0.497 e. The molecule has 1 aliphatic rings. The number of rotatable bonds is 7. The lowest BCUT2D eigenvalue weighted by Crippen LogP contribution is -2.35. The first-order chi connectivity index (χ1) is 18.4. The third-order valence-electron chi connectivity index (χ3n) is 7.13. The van der Waals surface area contributed by atoms with E-state index in [9.17, 15) is 9.90 Å². The van der Waals surface area contributed by atoms with Gasteiger partial charge in [-0.05, 0) is 66.9 Å². The number of hydrogen-bond acceptors (Lipinski definition) is 7. The minimum atomic E-state index is -0.505. The SMILES string of the molecule is COc1ccc(C(=O)N=Nc2c(O)n(CN3CCc4cc(OC)c(OC)cc4[C@H]3C)c3ccccc23)cc1. The summed E-state index contributed by atoms with van der Waals surface area (Å²) < 4.78 is 18.0. The molecule has 0 aliphatic carbocycles. The van der Waals surface area contributed by atoms with E-state index in [0.717, 1.165) is 29.8 Å². The highest BCUT2D eigenvalue weighted by Gasteiger charge is 2.28. The van der Waals surface area contributed by atoms with Gasteiger partial charge in [0.25, 0.3) is 5.91 Å². The number of fused-ring (bicyclic) bond motifs is 2. The molecule has 3 aromatic carbocycles. The van der Waals surface area contributed by atoms with Gasteiger partial charge >= 0.3 is 0 Å². The number of carbonyl (C=O) groups is 1. The molecule has 0 fully saturated rings. The van der Waals surface area contributed by atoms with Crippen LogP contribution in [0.2, 0.25) is 0 Å². The van der Waals surface area contributed by atoms with Gasteiger partial charge in [0.1, 0.15) is 5.75 Å². The van der Waals surface area contributed by atoms with Crippen LogP contribution in [0.15, 0.2) is 70.9 Å². The van der Waals surface area contributed by atoms with Gasteiger partial charge in [-0.1, -0.05) is 18.2 Å². The molecule has 5 rings (SSSR count). The highest BCUT2D eigenvalue weighted by atomic mass is 16.5. The lowest BCUT2D eigenvalue weighted by atomic mass is 9.93. The van der Waals surface area contributed by atoms with Gasteiger partial charge < -0.3 is 19.3 Å². The molecule has 1 aliphatic heterocycles. The molecule has 0 bridgehead atoms. The van der Waals surface area contributed by atoms with Gasteiger partial charge in [-0.3, -0.25) is 14.3 Å². The van der Waals surface area contributed by atoms with Crippen molar-refractivity contribution in [3.63, 3.8) is 0 Å². The number of carbonyl (C=O) groups excluding carboxylic acids is 1. The zero-order valence-corrected chi connectivity index (χ0v) is 21.8. The van der Waals surface area contributed by atoms with E-state index in [2.05, 4.69) is 22.1 Å². The third-order valence-corrected chi connectivity index (χ3v) is 7.13. The molecule has 0 radical (unpaired) electrons. The summed E-state index contributed by atoms with van der Waals surface area (Å²) in [7, 11) is 4.84. The van der Waals surface area contributed by atoms with Crippen molar-refractivity contribution >= 4 is 22.5 Å². The van der Waals surface area contributed by atoms with Crippen molar-refractivity contribution in [1.82, 2.24) is 9.47 Å². The van der Waals surface area contributed by atoms with Crippen molar-refractivity contribution in [2.24, 2.45) is 10.2 Å². The molecule has 1 aromatic heterocycles. The number of aromatic nitrogens is 1. The minimum absolute atomic E-state index is 0.0391. The van der Waals surface area contributed by atoms with Crippen LogP contribution < -0.4 is 14.2 Å². The normalized spacial score (nSPS) is 15.5. The predicted molar refractivity (Wildman–Crippen MR) is 144 cm³/mol. The van der Waals surface area contributed by atoms with E-state index in [-0.39, 0.29) is 17.6 Å². The number of amides is 1. The van der Waals surface area contributed by atoms with Crippen LogP contribution in [0.4, 0.5) is 5.69 Å². The van der Waals surface area contributed by atoms with E-state index < -0.39 is 5.91 Å². The van der Waals surface area contributed by atoms with Crippen LogP contribution in [0, 0.1) is 0 Å². The summed E-state index contributed by atoms with van der Waals surface area (Å²) in [6.07, 6.45) is 0.836. The number of aromatic hydroxyl groups is 1. The fourth-order valence-corrected chi connectivity index (χ4v) is 4.97. The van der Waals surface area contributed by atoms with Crippen LogP contribution in [-0.4, -0.2) is 48.4 Å². The molecular formula is C29H30N4O5. The van der Waals surface area contributed by atoms with Gasteiger partial charge in [-0.25, -0.2) is 0 Å². The summed E-state index contributed by atoms with van der Waals surface area (Å²) in [4.78, 5) is 14.9. The van der Waals surface area contributed by atoms with Crippen molar-refractivity contribution in [3.05, 3.63) is 77.4 Å². The number of azo groups is 1. The summed E-state index contributed by atoms with van der Waals surface area (Å²) in [5, 5.41) is 20.1. The maximum Gasteiger partial charge on any atom is 0.295 e. The van der Waals surface area contributed by atoms with Crippen molar-refractivity contribution in [3.8, 4) is 23.1 Å². The summed E-state index contributed by atoms with van der Waals surface area (Å²) in [6.45, 7) is 3.37. The molecule has 38 heavy (non-hydrogen) atoms. The molecule has 1 N–H and O–H groups in total. The Morgan fingerprint density at radius 2 is 1.71 bits per heavy atom. The molecule has 9 heteroatoms. The van der Waals surface area contributed by atoms with Gasteiger partial charge in [0.15, 0.2) is 17.2 Å². The van der Waals surface area contributed by atoms with Gasteiger partial charge in [-0.2, -0.15) is 0 Å². The molecule has 1 amide bonds. The van der Waals surface area contributed by atoms with Crippen molar-refractivity contribution < 1.29 is 24.1 Å². The molecule has 0 saturated heterocycles. The molecule has 0 saturated carbocycles. The Balaban J connectivity index is 1.44. The van der Waals surface area contributed by atoms with Crippen molar-refractivity contribution in [2.45, 2.75) is 26.1 Å². The molecule has 4 aromatic rings. The Bertz CT molecular complexity index is 1510. The Morgan fingerprint density at radius 3 is 2.42 bits per heavy atom. The topological polar surface area (TPSA) is 97.9 Å². The highest BCUT2D eigenvalue weighted by molar-refractivity contribution is 5.97. The van der Waals surface area contributed by atoms with E-state index in [4.69, 9.17) is 14.2 Å². The predicted octanol–water partition coefficient (Wildman–Crippen LogP) is 5.87. The van der Waals surface area contributed by atoms with Crippen molar-refractivity contribution in [1.29, 1.82) is 0 Å². The lowest BCUT2D eigenvalue weighted by Gasteiger charge is -2.36. The second-order valence-corrected chi connectivity index (χ2v) is 9.14. The van der Waals surface area contributed by atoms with Crippen LogP contribution in [0.25, 0.3) is 10.9 Å². The summed E-state index contributed by atoms with van der Waals surface area (Å²) >= 11 is 0. The largest absolute Gasteiger partial charge is 0.497 e. The number of nitrogens with zero attached hydrogens (tertiary/aromatic N) is 4. The molecule has 9 nitrogen and oxygen atoms in total. The lowest BCUT2D eigenvalue weighted by molar-refractivity contribution is 0.0995. The quantitative estimate of drug-likeness (QED) is 0.310. The zero-order valence-electron chi connectivity index (χ0n) is 21.8. The maximum absolute atomic E-state index is 12.6. The number of ether oxygens (including phenoxy) is 3. The van der Waals surface area contributed by atoms with Crippen LogP contribution in [0.1, 0.15) is 34.5 Å². The Hall–Kier alpha value is -4.37. The van der Waals surface area contributed by atoms with E-state index >= 15 is 0 Å². The summed E-state index contributed by atoms with van der Waals surface area (Å²) in [6, 6.07) is 18.4. The number of benzene rings is 3. The van der Waals surface area contributed by atoms with E-state index in [1.165, 1.54) is 5.56 Å². The second kappa shape index (κ2) is 10.5. The van der Waals surface area contributed by atoms with Crippen molar-refractivity contribution in [2.75, 3.05) is 27.9 Å². The average molecular weight is 515 g/mol. The Kier molecular flexibility index (Phi) is 7.02. The number of para-hydroxylation sites is 1. The smallest absolute Gasteiger partial charge is 0.295 e. The first-order valence-corrected chi connectivity index (χ1v) is 12.3. The maximum atomic E-state index is 12.6. The average Bonchev–Trinajstić information content (AvgIpc) is 3.22. The Morgan fingerprint density at radius 1 is 1.00 bits per heavy atom. The molecule has 196 valence electrons. The zero-order chi connectivity index (χ0) is 26.8. The number of methoxy groups -OCH3 is 3. The van der Waals surface area contributed by atoms with E-state index in [0.29, 0.717) is 29.1 Å². The Labute approximate surface area is 220 Å². The van der Waals surface area contributed by atoms with E-state index in [1.807, 2.05) is 41.0 Å². The van der Waals surface area contributed by atoms with Gasteiger partial charge in [0.2, 0.25) is 5.88 Å². The standard InChI is InChI=1S/C29H30N4O5/c1-18-23-16-26(38-4)25(37-3)15-20(23)13-14-32(18)17-33-24-8-6-5-7-22(24)27(29(33)35)30-31-28(34)19-9-11-21(36-2)12-10-19/h5-12,15-16,18,35H,13-14,17H2,1-4H3/t18-/m1/s1. The van der Waals surface area contributed by atoms with Crippen LogP contribution in [-0.2, 0) is 13.1 Å². The van der Waals surface area contributed by atoms with Gasteiger partial charge in [0, 0.05) is 23.5 Å². The second-order valence-electron chi connectivity index (χ2n) is 9.14. The molecular weight excluding hydrogens is 484 g/mol. The summed E-state index contributed by atoms with van der Waals surface area (Å²) in [5.74, 6) is 1.52. The summed E-state index contributed by atoms with van der Waals surface area (Å²) in [5.41, 5.74) is 3.83. The van der Waals surface area contributed by atoms with Crippen LogP contribution >= 0.6 is 0 Å². The molecule has 1 atom stereocenters. The first-order valence-electron chi connectivity index (χ1n) is 12.3. The molecule has 0 unspecified atom stereocenters. The highest BCUT2D eigenvalue weighted by Crippen LogP contribution is 2.42. The third kappa shape index (κ3) is 4.56. The van der Waals surface area contributed by atoms with Gasteiger partial charge in [0.05, 0.1) is 33.5 Å². The fourth-order valence-electron chi connectivity index (χ4n) is 4.97. The monoisotopic (exact) mass is 514 g/mol. The van der Waals surface area contributed by atoms with Crippen LogP contribution in [0.3, 0.4) is 0 Å².